The molecular formula is C23H20F6OS. The lowest BCUT2D eigenvalue weighted by molar-refractivity contribution is -0.139. The molecule has 3 aromatic rings. The maximum atomic E-state index is 14.0. The van der Waals surface area contributed by atoms with Crippen molar-refractivity contribution in [2.45, 2.75) is 45.1 Å². The molecule has 0 aliphatic rings. The van der Waals surface area contributed by atoms with Crippen LogP contribution >= 0.6 is 11.3 Å². The molecule has 1 aromatic heterocycles. The van der Waals surface area contributed by atoms with Crippen LogP contribution < -0.4 is 4.74 Å². The molecule has 0 radical (unpaired) electrons. The number of halogens is 6. The van der Waals surface area contributed by atoms with Gasteiger partial charge in [-0.15, -0.1) is 11.3 Å². The number of hydrogen-bond acceptors (Lipinski definition) is 2. The lowest BCUT2D eigenvalue weighted by Gasteiger charge is -2.25. The fourth-order valence-electron chi connectivity index (χ4n) is 3.53. The van der Waals surface area contributed by atoms with Crippen molar-refractivity contribution in [3.63, 3.8) is 0 Å². The van der Waals surface area contributed by atoms with Gasteiger partial charge >= 0.3 is 12.4 Å². The molecule has 1 atom stereocenters. The van der Waals surface area contributed by atoms with Crippen molar-refractivity contribution in [2.24, 2.45) is 0 Å². The van der Waals surface area contributed by atoms with E-state index in [0.29, 0.717) is 16.0 Å². The normalized spacial score (nSPS) is 13.3. The first-order valence-corrected chi connectivity index (χ1v) is 10.4. The third kappa shape index (κ3) is 5.61. The first kappa shape index (κ1) is 23.2. The molecule has 31 heavy (non-hydrogen) atoms. The predicted molar refractivity (Wildman–Crippen MR) is 109 cm³/mol. The van der Waals surface area contributed by atoms with Gasteiger partial charge in [0.05, 0.1) is 5.56 Å². The molecule has 0 aliphatic carbocycles. The van der Waals surface area contributed by atoms with Gasteiger partial charge in [-0.2, -0.15) is 26.3 Å². The zero-order chi connectivity index (χ0) is 22.8. The summed E-state index contributed by atoms with van der Waals surface area (Å²) in [7, 11) is 0. The highest BCUT2D eigenvalue weighted by atomic mass is 32.1. The van der Waals surface area contributed by atoms with Gasteiger partial charge < -0.3 is 4.74 Å². The second-order valence-electron chi connectivity index (χ2n) is 7.21. The Kier molecular flexibility index (Phi) is 6.69. The number of aryl methyl sites for hydroxylation is 1. The van der Waals surface area contributed by atoms with Crippen molar-refractivity contribution >= 4 is 11.3 Å². The lowest BCUT2D eigenvalue weighted by atomic mass is 9.92. The lowest BCUT2D eigenvalue weighted by Crippen LogP contribution is -2.16. The van der Waals surface area contributed by atoms with E-state index in [2.05, 4.69) is 0 Å². The third-order valence-corrected chi connectivity index (χ3v) is 5.85. The van der Waals surface area contributed by atoms with Crippen molar-refractivity contribution in [3.8, 4) is 16.9 Å². The Morgan fingerprint density at radius 2 is 1.61 bits per heavy atom. The Morgan fingerprint density at radius 1 is 0.935 bits per heavy atom. The number of benzene rings is 2. The molecule has 0 saturated heterocycles. The van der Waals surface area contributed by atoms with Gasteiger partial charge in [-0.05, 0) is 54.5 Å². The molecule has 0 amide bonds. The maximum absolute atomic E-state index is 14.0. The number of ether oxygens (including phenoxy) is 1. The van der Waals surface area contributed by atoms with E-state index < -0.39 is 30.4 Å². The van der Waals surface area contributed by atoms with E-state index >= 15 is 0 Å². The largest absolute Gasteiger partial charge is 0.484 e. The van der Waals surface area contributed by atoms with E-state index in [4.69, 9.17) is 4.74 Å². The molecule has 8 heteroatoms. The summed E-state index contributed by atoms with van der Waals surface area (Å²) in [6.07, 6.45) is -11.5. The Labute approximate surface area is 180 Å². The van der Waals surface area contributed by atoms with E-state index in [9.17, 15) is 26.3 Å². The summed E-state index contributed by atoms with van der Waals surface area (Å²) in [5.74, 6) is -0.0346. The second-order valence-corrected chi connectivity index (χ2v) is 8.19. The summed E-state index contributed by atoms with van der Waals surface area (Å²) < 4.78 is 86.4. The molecule has 0 fully saturated rings. The smallest absolute Gasteiger partial charge is 0.417 e. The summed E-state index contributed by atoms with van der Waals surface area (Å²) >= 11 is 1.21. The van der Waals surface area contributed by atoms with Gasteiger partial charge in [-0.1, -0.05) is 36.4 Å². The van der Waals surface area contributed by atoms with Gasteiger partial charge in [0, 0.05) is 16.9 Å². The summed E-state index contributed by atoms with van der Waals surface area (Å²) in [4.78, 5) is 0.531. The van der Waals surface area contributed by atoms with E-state index in [-0.39, 0.29) is 23.3 Å². The molecule has 1 heterocycles. The minimum absolute atomic E-state index is 0.0124. The van der Waals surface area contributed by atoms with Crippen molar-refractivity contribution in [1.82, 2.24) is 0 Å². The zero-order valence-electron chi connectivity index (χ0n) is 16.8. The van der Waals surface area contributed by atoms with Crippen LogP contribution in [-0.4, -0.2) is 6.18 Å². The van der Waals surface area contributed by atoms with Crippen molar-refractivity contribution in [2.75, 3.05) is 0 Å². The molecular weight excluding hydrogens is 438 g/mol. The minimum atomic E-state index is -4.66. The van der Waals surface area contributed by atoms with Crippen LogP contribution in [0.2, 0.25) is 0 Å². The monoisotopic (exact) mass is 458 g/mol. The number of hydrogen-bond donors (Lipinski definition) is 0. The van der Waals surface area contributed by atoms with Gasteiger partial charge in [-0.3, -0.25) is 0 Å². The average Bonchev–Trinajstić information content (AvgIpc) is 3.20. The SMILES string of the molecule is Cc1cc(-c2ccccc2)c(C(F)(F)F)c(C)c1OC(CCC(F)(F)F)c1cccs1. The van der Waals surface area contributed by atoms with Crippen LogP contribution in [0.15, 0.2) is 53.9 Å². The minimum Gasteiger partial charge on any atom is -0.484 e. The first-order chi connectivity index (χ1) is 14.5. The topological polar surface area (TPSA) is 9.23 Å². The summed E-state index contributed by atoms with van der Waals surface area (Å²) in [5, 5.41) is 1.69. The molecule has 0 bridgehead atoms. The van der Waals surface area contributed by atoms with E-state index in [1.54, 1.807) is 54.8 Å². The standard InChI is InChI=1S/C23H20F6OS/c1-14-13-17(16-7-4-3-5-8-16)20(23(27,28)29)15(2)21(14)30-18(10-11-22(24,25)26)19-9-6-12-31-19/h3-9,12-13,18H,10-11H2,1-2H3. The van der Waals surface area contributed by atoms with Crippen LogP contribution in [0.4, 0.5) is 26.3 Å². The van der Waals surface area contributed by atoms with Crippen molar-refractivity contribution < 1.29 is 31.1 Å². The Morgan fingerprint density at radius 3 is 2.16 bits per heavy atom. The zero-order valence-corrected chi connectivity index (χ0v) is 17.6. The average molecular weight is 458 g/mol. The Balaban J connectivity index is 2.08. The van der Waals surface area contributed by atoms with Gasteiger partial charge in [0.1, 0.15) is 11.9 Å². The quantitative estimate of drug-likeness (QED) is 0.337. The summed E-state index contributed by atoms with van der Waals surface area (Å²) in [6.45, 7) is 2.90. The van der Waals surface area contributed by atoms with E-state index in [0.717, 1.165) is 0 Å². The van der Waals surface area contributed by atoms with Crippen LogP contribution in [0.5, 0.6) is 5.75 Å². The van der Waals surface area contributed by atoms with Crippen LogP contribution in [0, 0.1) is 13.8 Å². The van der Waals surface area contributed by atoms with Gasteiger partial charge in [0.15, 0.2) is 0 Å². The number of rotatable bonds is 6. The summed E-state index contributed by atoms with van der Waals surface area (Å²) in [6, 6.07) is 12.9. The molecule has 166 valence electrons. The van der Waals surface area contributed by atoms with Gasteiger partial charge in [0.25, 0.3) is 0 Å². The highest BCUT2D eigenvalue weighted by Gasteiger charge is 2.38. The highest BCUT2D eigenvalue weighted by Crippen LogP contribution is 2.45. The molecule has 2 aromatic carbocycles. The van der Waals surface area contributed by atoms with Crippen LogP contribution in [0.3, 0.4) is 0 Å². The fraction of sp³-hybridized carbons (Fsp3) is 0.304. The molecule has 1 unspecified atom stereocenters. The molecule has 0 spiro atoms. The second kappa shape index (κ2) is 8.94. The Hall–Kier alpha value is -2.48. The maximum Gasteiger partial charge on any atom is 0.417 e. The molecule has 0 aliphatic heterocycles. The van der Waals surface area contributed by atoms with Crippen LogP contribution in [0.25, 0.3) is 11.1 Å². The summed E-state index contributed by atoms with van der Waals surface area (Å²) in [5.41, 5.74) is -0.143. The number of thiophene rings is 1. The molecule has 0 saturated carbocycles. The van der Waals surface area contributed by atoms with Crippen molar-refractivity contribution in [1.29, 1.82) is 0 Å². The highest BCUT2D eigenvalue weighted by molar-refractivity contribution is 7.10. The van der Waals surface area contributed by atoms with Crippen LogP contribution in [0.1, 0.15) is 40.5 Å². The first-order valence-electron chi connectivity index (χ1n) is 9.51. The Bertz CT molecular complexity index is 1010. The molecule has 3 rings (SSSR count). The van der Waals surface area contributed by atoms with Gasteiger partial charge in [-0.25, -0.2) is 0 Å². The van der Waals surface area contributed by atoms with Crippen LogP contribution in [-0.2, 0) is 6.18 Å². The number of alkyl halides is 6. The van der Waals surface area contributed by atoms with E-state index in [1.165, 1.54) is 24.3 Å². The predicted octanol–water partition coefficient (Wildman–Crippen LogP) is 8.51. The molecule has 0 N–H and O–H groups in total. The fourth-order valence-corrected chi connectivity index (χ4v) is 4.32. The van der Waals surface area contributed by atoms with Gasteiger partial charge in [0.2, 0.25) is 0 Å². The van der Waals surface area contributed by atoms with Crippen molar-refractivity contribution in [3.05, 3.63) is 75.5 Å². The van der Waals surface area contributed by atoms with E-state index in [1.807, 2.05) is 0 Å². The third-order valence-electron chi connectivity index (χ3n) is 4.88. The molecule has 1 nitrogen and oxygen atoms in total.